The molecule has 1 aliphatic heterocycles. The fourth-order valence-electron chi connectivity index (χ4n) is 2.93. The van der Waals surface area contributed by atoms with Crippen LogP contribution in [-0.2, 0) is 4.79 Å². The third kappa shape index (κ3) is 3.17. The van der Waals surface area contributed by atoms with Crippen molar-refractivity contribution in [2.45, 2.75) is 39.2 Å². The molecule has 21 heavy (non-hydrogen) atoms. The number of hydrogen-bond donors (Lipinski definition) is 2. The highest BCUT2D eigenvalue weighted by atomic mass is 16.4. The van der Waals surface area contributed by atoms with Crippen LogP contribution in [0.4, 0.5) is 0 Å². The Bertz CT molecular complexity index is 555. The van der Waals surface area contributed by atoms with Crippen LogP contribution in [0.5, 0.6) is 5.75 Å². The lowest BCUT2D eigenvalue weighted by atomic mass is 9.88. The number of phenolic OH excluding ortho intramolecular Hbond substituents is 1. The molecule has 5 nitrogen and oxygen atoms in total. The molecule has 1 heterocycles. The Morgan fingerprint density at radius 1 is 1.38 bits per heavy atom. The molecule has 1 saturated heterocycles. The van der Waals surface area contributed by atoms with Crippen molar-refractivity contribution in [3.8, 4) is 5.75 Å². The van der Waals surface area contributed by atoms with Gasteiger partial charge in [-0.05, 0) is 49.4 Å². The molecule has 0 aliphatic carbocycles. The summed E-state index contributed by atoms with van der Waals surface area (Å²) >= 11 is 0. The SMILES string of the molecule is CCC1CCN(C(=O)c2ccc(O)cc2C)C(C(=O)O)C1. The average Bonchev–Trinajstić information content (AvgIpc) is 2.46. The maximum absolute atomic E-state index is 12.6. The van der Waals surface area contributed by atoms with E-state index in [1.807, 2.05) is 6.92 Å². The van der Waals surface area contributed by atoms with E-state index in [4.69, 9.17) is 0 Å². The Kier molecular flexibility index (Phi) is 4.50. The molecule has 2 atom stereocenters. The topological polar surface area (TPSA) is 77.8 Å². The monoisotopic (exact) mass is 291 g/mol. The summed E-state index contributed by atoms with van der Waals surface area (Å²) in [5, 5.41) is 18.8. The van der Waals surface area contributed by atoms with Gasteiger partial charge in [-0.2, -0.15) is 0 Å². The van der Waals surface area contributed by atoms with E-state index in [2.05, 4.69) is 0 Å². The largest absolute Gasteiger partial charge is 0.508 e. The summed E-state index contributed by atoms with van der Waals surface area (Å²) in [6.07, 6.45) is 2.28. The lowest BCUT2D eigenvalue weighted by Gasteiger charge is -2.37. The molecule has 1 aromatic rings. The van der Waals surface area contributed by atoms with Crippen LogP contribution in [0.25, 0.3) is 0 Å². The van der Waals surface area contributed by atoms with Crippen molar-refractivity contribution >= 4 is 11.9 Å². The zero-order chi connectivity index (χ0) is 15.6. The van der Waals surface area contributed by atoms with Gasteiger partial charge in [0.2, 0.25) is 0 Å². The number of piperidine rings is 1. The number of aryl methyl sites for hydroxylation is 1. The van der Waals surface area contributed by atoms with Crippen LogP contribution in [0.2, 0.25) is 0 Å². The molecule has 1 aliphatic rings. The molecule has 0 saturated carbocycles. The second-order valence-electron chi connectivity index (χ2n) is 5.65. The van der Waals surface area contributed by atoms with Gasteiger partial charge >= 0.3 is 5.97 Å². The van der Waals surface area contributed by atoms with E-state index in [1.54, 1.807) is 13.0 Å². The van der Waals surface area contributed by atoms with Crippen molar-refractivity contribution in [2.75, 3.05) is 6.54 Å². The molecule has 2 unspecified atom stereocenters. The molecule has 114 valence electrons. The van der Waals surface area contributed by atoms with Crippen molar-refractivity contribution in [2.24, 2.45) is 5.92 Å². The molecule has 0 radical (unpaired) electrons. The Labute approximate surface area is 124 Å². The lowest BCUT2D eigenvalue weighted by molar-refractivity contribution is -0.144. The minimum Gasteiger partial charge on any atom is -0.508 e. The maximum Gasteiger partial charge on any atom is 0.326 e. The number of phenols is 1. The molecule has 1 aromatic carbocycles. The van der Waals surface area contributed by atoms with Crippen LogP contribution in [0.3, 0.4) is 0 Å². The third-order valence-electron chi connectivity index (χ3n) is 4.27. The number of carbonyl (C=O) groups is 2. The highest BCUT2D eigenvalue weighted by molar-refractivity contribution is 5.98. The summed E-state index contributed by atoms with van der Waals surface area (Å²) in [6.45, 7) is 4.25. The Morgan fingerprint density at radius 2 is 2.10 bits per heavy atom. The van der Waals surface area contributed by atoms with Crippen LogP contribution in [0.1, 0.15) is 42.1 Å². The molecular formula is C16H21NO4. The number of carbonyl (C=O) groups excluding carboxylic acids is 1. The second-order valence-corrected chi connectivity index (χ2v) is 5.65. The van der Waals surface area contributed by atoms with Gasteiger partial charge < -0.3 is 15.1 Å². The number of hydrogen-bond acceptors (Lipinski definition) is 3. The van der Waals surface area contributed by atoms with Gasteiger partial charge in [-0.15, -0.1) is 0 Å². The zero-order valence-electron chi connectivity index (χ0n) is 12.4. The number of carboxylic acids is 1. The first kappa shape index (κ1) is 15.4. The van der Waals surface area contributed by atoms with Crippen LogP contribution < -0.4 is 0 Å². The number of carboxylic acid groups (broad SMARTS) is 1. The van der Waals surface area contributed by atoms with Crippen molar-refractivity contribution in [3.63, 3.8) is 0 Å². The first-order valence-corrected chi connectivity index (χ1v) is 7.27. The highest BCUT2D eigenvalue weighted by Crippen LogP contribution is 2.28. The van der Waals surface area contributed by atoms with Crippen molar-refractivity contribution in [1.29, 1.82) is 0 Å². The van der Waals surface area contributed by atoms with Crippen molar-refractivity contribution in [1.82, 2.24) is 4.90 Å². The van der Waals surface area contributed by atoms with Crippen LogP contribution >= 0.6 is 0 Å². The van der Waals surface area contributed by atoms with E-state index in [9.17, 15) is 19.8 Å². The van der Waals surface area contributed by atoms with E-state index >= 15 is 0 Å². The molecule has 2 rings (SSSR count). The Balaban J connectivity index is 2.26. The second kappa shape index (κ2) is 6.16. The van der Waals surface area contributed by atoms with Crippen LogP contribution in [-0.4, -0.2) is 39.6 Å². The van der Waals surface area contributed by atoms with Gasteiger partial charge in [-0.1, -0.05) is 13.3 Å². The fraction of sp³-hybridized carbons (Fsp3) is 0.500. The summed E-state index contributed by atoms with van der Waals surface area (Å²) in [5.74, 6) is -0.757. The van der Waals surface area contributed by atoms with Crippen molar-refractivity contribution in [3.05, 3.63) is 29.3 Å². The average molecular weight is 291 g/mol. The molecule has 0 aromatic heterocycles. The molecule has 1 amide bonds. The fourth-order valence-corrected chi connectivity index (χ4v) is 2.93. The molecular weight excluding hydrogens is 270 g/mol. The molecule has 2 N–H and O–H groups in total. The predicted octanol–water partition coefficient (Wildman–Crippen LogP) is 2.42. The summed E-state index contributed by atoms with van der Waals surface area (Å²) in [6, 6.07) is 3.76. The standard InChI is InChI=1S/C16H21NO4/c1-3-11-6-7-17(14(9-11)16(20)21)15(19)13-5-4-12(18)8-10(13)2/h4-5,8,11,14,18H,3,6-7,9H2,1-2H3,(H,20,21). The van der Waals surface area contributed by atoms with E-state index in [1.165, 1.54) is 17.0 Å². The van der Waals surface area contributed by atoms with Gasteiger partial charge in [-0.3, -0.25) is 4.79 Å². The zero-order valence-corrected chi connectivity index (χ0v) is 12.4. The minimum absolute atomic E-state index is 0.100. The van der Waals surface area contributed by atoms with E-state index in [-0.39, 0.29) is 11.7 Å². The quantitative estimate of drug-likeness (QED) is 0.896. The molecule has 5 heteroatoms. The minimum atomic E-state index is -0.946. The number of rotatable bonds is 3. The normalized spacial score (nSPS) is 22.1. The number of aromatic hydroxyl groups is 1. The lowest BCUT2D eigenvalue weighted by Crippen LogP contribution is -2.50. The Morgan fingerprint density at radius 3 is 2.67 bits per heavy atom. The number of likely N-dealkylation sites (tertiary alicyclic amines) is 1. The van der Waals surface area contributed by atoms with Gasteiger partial charge in [-0.25, -0.2) is 4.79 Å². The molecule has 0 spiro atoms. The summed E-state index contributed by atoms with van der Waals surface area (Å²) in [5.41, 5.74) is 1.11. The van der Waals surface area contributed by atoms with Gasteiger partial charge in [0.1, 0.15) is 11.8 Å². The van der Waals surface area contributed by atoms with E-state index in [0.717, 1.165) is 12.8 Å². The Hall–Kier alpha value is -2.04. The van der Waals surface area contributed by atoms with Gasteiger partial charge in [0.05, 0.1) is 0 Å². The number of aliphatic carboxylic acids is 1. The van der Waals surface area contributed by atoms with Gasteiger partial charge in [0.25, 0.3) is 5.91 Å². The van der Waals surface area contributed by atoms with Crippen molar-refractivity contribution < 1.29 is 19.8 Å². The highest BCUT2D eigenvalue weighted by Gasteiger charge is 2.36. The smallest absolute Gasteiger partial charge is 0.326 e. The van der Waals surface area contributed by atoms with Crippen LogP contribution in [0.15, 0.2) is 18.2 Å². The predicted molar refractivity (Wildman–Crippen MR) is 78.3 cm³/mol. The van der Waals surface area contributed by atoms with E-state index < -0.39 is 12.0 Å². The molecule has 0 bridgehead atoms. The summed E-state index contributed by atoms with van der Waals surface area (Å²) < 4.78 is 0. The number of amides is 1. The third-order valence-corrected chi connectivity index (χ3v) is 4.27. The first-order chi connectivity index (χ1) is 9.93. The number of nitrogens with zero attached hydrogens (tertiary/aromatic N) is 1. The number of benzene rings is 1. The summed E-state index contributed by atoms with van der Waals surface area (Å²) in [4.78, 5) is 25.5. The van der Waals surface area contributed by atoms with E-state index in [0.29, 0.717) is 30.0 Å². The van der Waals surface area contributed by atoms with Gasteiger partial charge in [0.15, 0.2) is 0 Å². The first-order valence-electron chi connectivity index (χ1n) is 7.27. The van der Waals surface area contributed by atoms with Crippen LogP contribution in [0, 0.1) is 12.8 Å². The maximum atomic E-state index is 12.6. The van der Waals surface area contributed by atoms with Gasteiger partial charge in [0, 0.05) is 12.1 Å². The molecule has 1 fully saturated rings. The summed E-state index contributed by atoms with van der Waals surface area (Å²) in [7, 11) is 0.